The Balaban J connectivity index is 2.25. The number of hydrogen-bond acceptors (Lipinski definition) is 4. The van der Waals surface area contributed by atoms with Crippen LogP contribution in [0.4, 0.5) is 11.4 Å². The van der Waals surface area contributed by atoms with Crippen molar-refractivity contribution in [2.24, 2.45) is 0 Å². The Morgan fingerprint density at radius 1 is 1.24 bits per heavy atom. The molecule has 0 saturated heterocycles. The Labute approximate surface area is 133 Å². The summed E-state index contributed by atoms with van der Waals surface area (Å²) in [5.41, 5.74) is 8.15. The van der Waals surface area contributed by atoms with E-state index >= 15 is 0 Å². The van der Waals surface area contributed by atoms with Crippen molar-refractivity contribution < 1.29 is 4.79 Å². The van der Waals surface area contributed by atoms with Crippen LogP contribution in [0.25, 0.3) is 0 Å². The van der Waals surface area contributed by atoms with E-state index in [9.17, 15) is 4.79 Å². The zero-order valence-corrected chi connectivity index (χ0v) is 13.8. The second-order valence-corrected chi connectivity index (χ2v) is 6.83. The summed E-state index contributed by atoms with van der Waals surface area (Å²) in [6.07, 6.45) is 0. The summed E-state index contributed by atoms with van der Waals surface area (Å²) in [5.74, 6) is -0.0381. The molecule has 1 heterocycles. The Morgan fingerprint density at radius 3 is 2.52 bits per heavy atom. The van der Waals surface area contributed by atoms with Gasteiger partial charge in [-0.1, -0.05) is 11.6 Å². The van der Waals surface area contributed by atoms with Gasteiger partial charge in [0, 0.05) is 31.6 Å². The molecule has 2 aromatic rings. The maximum absolute atomic E-state index is 12.0. The standard InChI is InChI=1S/C15H18ClN3OS/c1-18(2)15(20)10-4-6-12(17)13(8-10)19(3)9-11-5-7-14(16)21-11/h4-8H,9,17H2,1-3H3. The van der Waals surface area contributed by atoms with E-state index in [4.69, 9.17) is 17.3 Å². The number of benzene rings is 1. The molecule has 112 valence electrons. The average molecular weight is 324 g/mol. The highest BCUT2D eigenvalue weighted by Gasteiger charge is 2.13. The molecule has 0 aliphatic rings. The Kier molecular flexibility index (Phi) is 4.75. The Bertz CT molecular complexity index is 654. The third-order valence-electron chi connectivity index (χ3n) is 3.12. The van der Waals surface area contributed by atoms with Crippen molar-refractivity contribution in [3.05, 3.63) is 45.1 Å². The minimum atomic E-state index is -0.0381. The number of hydrogen-bond donors (Lipinski definition) is 1. The van der Waals surface area contributed by atoms with Crippen LogP contribution in [0.3, 0.4) is 0 Å². The van der Waals surface area contributed by atoms with Gasteiger partial charge >= 0.3 is 0 Å². The highest BCUT2D eigenvalue weighted by Crippen LogP contribution is 2.28. The summed E-state index contributed by atoms with van der Waals surface area (Å²) >= 11 is 7.49. The fraction of sp³-hybridized carbons (Fsp3) is 0.267. The van der Waals surface area contributed by atoms with E-state index in [0.717, 1.165) is 14.9 Å². The molecule has 21 heavy (non-hydrogen) atoms. The predicted octanol–water partition coefficient (Wildman–Crippen LogP) is 3.32. The molecule has 2 N–H and O–H groups in total. The lowest BCUT2D eigenvalue weighted by Gasteiger charge is -2.21. The second kappa shape index (κ2) is 6.37. The van der Waals surface area contributed by atoms with Crippen molar-refractivity contribution in [2.75, 3.05) is 31.8 Å². The maximum atomic E-state index is 12.0. The van der Waals surface area contributed by atoms with Crippen LogP contribution in [-0.2, 0) is 6.54 Å². The van der Waals surface area contributed by atoms with Gasteiger partial charge in [0.2, 0.25) is 0 Å². The topological polar surface area (TPSA) is 49.6 Å². The van der Waals surface area contributed by atoms with Gasteiger partial charge in [-0.15, -0.1) is 11.3 Å². The van der Waals surface area contributed by atoms with Gasteiger partial charge in [0.15, 0.2) is 0 Å². The molecule has 0 bridgehead atoms. The van der Waals surface area contributed by atoms with E-state index in [2.05, 4.69) is 0 Å². The number of amides is 1. The van der Waals surface area contributed by atoms with E-state index in [1.807, 2.05) is 30.1 Å². The molecular weight excluding hydrogens is 306 g/mol. The smallest absolute Gasteiger partial charge is 0.253 e. The van der Waals surface area contributed by atoms with E-state index in [1.165, 1.54) is 11.3 Å². The number of nitrogens with zero attached hydrogens (tertiary/aromatic N) is 2. The molecule has 0 atom stereocenters. The number of rotatable bonds is 4. The third-order valence-corrected chi connectivity index (χ3v) is 4.33. The van der Waals surface area contributed by atoms with Crippen LogP contribution in [0.15, 0.2) is 30.3 Å². The van der Waals surface area contributed by atoms with Gasteiger partial charge in [0.05, 0.1) is 22.3 Å². The highest BCUT2D eigenvalue weighted by molar-refractivity contribution is 7.16. The fourth-order valence-electron chi connectivity index (χ4n) is 2.02. The first-order valence-electron chi connectivity index (χ1n) is 6.45. The lowest BCUT2D eigenvalue weighted by Crippen LogP contribution is -2.23. The molecule has 0 aliphatic heterocycles. The van der Waals surface area contributed by atoms with Gasteiger partial charge in [-0.3, -0.25) is 4.79 Å². The minimum absolute atomic E-state index is 0.0381. The molecule has 1 aromatic carbocycles. The predicted molar refractivity (Wildman–Crippen MR) is 90.3 cm³/mol. The first kappa shape index (κ1) is 15.7. The van der Waals surface area contributed by atoms with Crippen molar-refractivity contribution in [1.29, 1.82) is 0 Å². The molecule has 1 aromatic heterocycles. The van der Waals surface area contributed by atoms with Crippen molar-refractivity contribution in [3.63, 3.8) is 0 Å². The monoisotopic (exact) mass is 323 g/mol. The first-order valence-corrected chi connectivity index (χ1v) is 7.64. The number of carbonyl (C=O) groups excluding carboxylic acids is 1. The summed E-state index contributed by atoms with van der Waals surface area (Å²) in [7, 11) is 5.41. The van der Waals surface area contributed by atoms with Gasteiger partial charge < -0.3 is 15.5 Å². The quantitative estimate of drug-likeness (QED) is 0.878. The maximum Gasteiger partial charge on any atom is 0.253 e. The molecule has 0 fully saturated rings. The summed E-state index contributed by atoms with van der Waals surface area (Å²) < 4.78 is 0.767. The zero-order valence-electron chi connectivity index (χ0n) is 12.3. The molecule has 4 nitrogen and oxygen atoms in total. The van der Waals surface area contributed by atoms with Crippen LogP contribution >= 0.6 is 22.9 Å². The van der Waals surface area contributed by atoms with Gasteiger partial charge in [-0.05, 0) is 30.3 Å². The molecule has 0 radical (unpaired) electrons. The molecular formula is C15H18ClN3OS. The van der Waals surface area contributed by atoms with Crippen LogP contribution < -0.4 is 10.6 Å². The van der Waals surface area contributed by atoms with Crippen LogP contribution in [0.5, 0.6) is 0 Å². The molecule has 0 saturated carbocycles. The highest BCUT2D eigenvalue weighted by atomic mass is 35.5. The van der Waals surface area contributed by atoms with Gasteiger partial charge in [0.1, 0.15) is 0 Å². The molecule has 2 rings (SSSR count). The van der Waals surface area contributed by atoms with Gasteiger partial charge in [0.25, 0.3) is 5.91 Å². The van der Waals surface area contributed by atoms with Crippen molar-refractivity contribution in [1.82, 2.24) is 4.90 Å². The van der Waals surface area contributed by atoms with Crippen molar-refractivity contribution in [3.8, 4) is 0 Å². The zero-order chi connectivity index (χ0) is 15.6. The van der Waals surface area contributed by atoms with Crippen LogP contribution in [-0.4, -0.2) is 32.0 Å². The largest absolute Gasteiger partial charge is 0.397 e. The van der Waals surface area contributed by atoms with Crippen LogP contribution in [0.1, 0.15) is 15.2 Å². The van der Waals surface area contributed by atoms with Gasteiger partial charge in [-0.2, -0.15) is 0 Å². The molecule has 1 amide bonds. The number of thiophene rings is 1. The average Bonchev–Trinajstić information content (AvgIpc) is 2.83. The number of nitrogen functional groups attached to an aromatic ring is 1. The van der Waals surface area contributed by atoms with Crippen LogP contribution in [0, 0.1) is 0 Å². The summed E-state index contributed by atoms with van der Waals surface area (Å²) in [4.78, 5) is 16.8. The number of carbonyl (C=O) groups is 1. The third kappa shape index (κ3) is 3.68. The molecule has 0 aliphatic carbocycles. The van der Waals surface area contributed by atoms with E-state index in [0.29, 0.717) is 17.8 Å². The van der Waals surface area contributed by atoms with E-state index < -0.39 is 0 Å². The summed E-state index contributed by atoms with van der Waals surface area (Å²) in [6, 6.07) is 9.22. The minimum Gasteiger partial charge on any atom is -0.397 e. The molecule has 6 heteroatoms. The number of anilines is 2. The SMILES string of the molecule is CN(C)C(=O)c1ccc(N)c(N(C)Cc2ccc(Cl)s2)c1. The van der Waals surface area contributed by atoms with Crippen molar-refractivity contribution in [2.45, 2.75) is 6.54 Å². The lowest BCUT2D eigenvalue weighted by atomic mass is 10.1. The fourth-order valence-corrected chi connectivity index (χ4v) is 3.16. The molecule has 0 spiro atoms. The second-order valence-electron chi connectivity index (χ2n) is 5.04. The first-order chi connectivity index (χ1) is 9.88. The number of nitrogens with two attached hydrogens (primary N) is 1. The van der Waals surface area contributed by atoms with Gasteiger partial charge in [-0.25, -0.2) is 0 Å². The summed E-state index contributed by atoms with van der Waals surface area (Å²) in [6.45, 7) is 0.696. The lowest BCUT2D eigenvalue weighted by molar-refractivity contribution is 0.0827. The molecule has 0 unspecified atom stereocenters. The van der Waals surface area contributed by atoms with E-state index in [1.54, 1.807) is 31.1 Å². The normalized spacial score (nSPS) is 10.5. The number of halogens is 1. The Hall–Kier alpha value is -1.72. The Morgan fingerprint density at radius 2 is 1.95 bits per heavy atom. The van der Waals surface area contributed by atoms with Crippen LogP contribution in [0.2, 0.25) is 4.34 Å². The summed E-state index contributed by atoms with van der Waals surface area (Å²) in [5, 5.41) is 0. The van der Waals surface area contributed by atoms with Crippen molar-refractivity contribution >= 4 is 40.2 Å². The van der Waals surface area contributed by atoms with E-state index in [-0.39, 0.29) is 5.91 Å².